The fourth-order valence-corrected chi connectivity index (χ4v) is 3.54. The summed E-state index contributed by atoms with van der Waals surface area (Å²) in [5, 5.41) is 7.23. The second kappa shape index (κ2) is 7.07. The lowest BCUT2D eigenvalue weighted by atomic mass is 9.90. The molecule has 1 aliphatic heterocycles. The van der Waals surface area contributed by atoms with Gasteiger partial charge >= 0.3 is 0 Å². The fourth-order valence-electron chi connectivity index (χ4n) is 3.54. The Balaban J connectivity index is 1.58. The van der Waals surface area contributed by atoms with Gasteiger partial charge in [-0.2, -0.15) is 5.10 Å². The monoisotopic (exact) mass is 350 g/mol. The molecular weight excluding hydrogens is 331 g/mol. The normalized spacial score (nSPS) is 17.3. The van der Waals surface area contributed by atoms with Crippen molar-refractivity contribution in [2.45, 2.75) is 18.8 Å². The molecular formula is C20H19FN4O. The number of aromatic nitrogens is 3. The van der Waals surface area contributed by atoms with Crippen LogP contribution in [0.4, 0.5) is 4.39 Å². The van der Waals surface area contributed by atoms with Gasteiger partial charge in [0.1, 0.15) is 11.5 Å². The molecule has 4 rings (SSSR count). The Morgan fingerprint density at radius 3 is 2.96 bits per heavy atom. The molecule has 1 amide bonds. The number of hydrogen-bond donors (Lipinski definition) is 1. The van der Waals surface area contributed by atoms with Crippen molar-refractivity contribution in [3.63, 3.8) is 0 Å². The molecule has 1 aromatic carbocycles. The van der Waals surface area contributed by atoms with E-state index in [1.807, 2.05) is 17.0 Å². The number of piperidine rings is 1. The maximum Gasteiger partial charge on any atom is 0.272 e. The highest BCUT2D eigenvalue weighted by Crippen LogP contribution is 2.33. The van der Waals surface area contributed by atoms with E-state index >= 15 is 0 Å². The highest BCUT2D eigenvalue weighted by Gasteiger charge is 2.28. The standard InChI is InChI=1S/C20H19FN4O/c21-16-7-3-5-14(11-16)17-12-23-24-19(17)15-6-4-10-25(13-15)20(26)18-8-1-2-9-22-18/h1-3,5,7-9,11-12,15H,4,6,10,13H2,(H,23,24). The van der Waals surface area contributed by atoms with Gasteiger partial charge in [0.05, 0.1) is 6.20 Å². The number of carbonyl (C=O) groups excluding carboxylic acids is 1. The van der Waals surface area contributed by atoms with Gasteiger partial charge in [-0.05, 0) is 42.7 Å². The van der Waals surface area contributed by atoms with Crippen LogP contribution in [0.1, 0.15) is 34.9 Å². The van der Waals surface area contributed by atoms with Crippen molar-refractivity contribution in [1.29, 1.82) is 0 Å². The molecule has 0 aliphatic carbocycles. The summed E-state index contributed by atoms with van der Waals surface area (Å²) in [6, 6.07) is 11.9. The summed E-state index contributed by atoms with van der Waals surface area (Å²) in [6.45, 7) is 1.31. The maximum atomic E-state index is 13.6. The number of amides is 1. The number of nitrogens with one attached hydrogen (secondary N) is 1. The topological polar surface area (TPSA) is 61.9 Å². The summed E-state index contributed by atoms with van der Waals surface area (Å²) in [5.41, 5.74) is 3.10. The summed E-state index contributed by atoms with van der Waals surface area (Å²) in [5.74, 6) is -0.190. The molecule has 1 fully saturated rings. The average molecular weight is 350 g/mol. The number of nitrogens with zero attached hydrogens (tertiary/aromatic N) is 3. The van der Waals surface area contributed by atoms with Crippen LogP contribution in [0, 0.1) is 5.82 Å². The number of carbonyl (C=O) groups is 1. The lowest BCUT2D eigenvalue weighted by Crippen LogP contribution is -2.39. The first-order valence-corrected chi connectivity index (χ1v) is 8.72. The van der Waals surface area contributed by atoms with E-state index < -0.39 is 0 Å². The number of likely N-dealkylation sites (tertiary alicyclic amines) is 1. The Bertz CT molecular complexity index is 909. The number of H-pyrrole nitrogens is 1. The summed E-state index contributed by atoms with van der Waals surface area (Å²) in [4.78, 5) is 18.7. The second-order valence-electron chi connectivity index (χ2n) is 6.51. The predicted octanol–water partition coefficient (Wildman–Crippen LogP) is 3.63. The molecule has 1 aliphatic rings. The molecule has 1 saturated heterocycles. The van der Waals surface area contributed by atoms with E-state index in [1.165, 1.54) is 12.1 Å². The van der Waals surface area contributed by atoms with Gasteiger partial charge in [0.25, 0.3) is 5.91 Å². The van der Waals surface area contributed by atoms with Crippen LogP contribution in [0.25, 0.3) is 11.1 Å². The summed E-state index contributed by atoms with van der Waals surface area (Å²) in [7, 11) is 0. The number of benzene rings is 1. The quantitative estimate of drug-likeness (QED) is 0.785. The van der Waals surface area contributed by atoms with Crippen molar-refractivity contribution in [3.05, 3.63) is 72.1 Å². The molecule has 3 heterocycles. The molecule has 6 heteroatoms. The Morgan fingerprint density at radius 1 is 1.23 bits per heavy atom. The van der Waals surface area contributed by atoms with Crippen LogP contribution in [0.3, 0.4) is 0 Å². The number of rotatable bonds is 3. The van der Waals surface area contributed by atoms with E-state index in [0.717, 1.165) is 36.2 Å². The van der Waals surface area contributed by atoms with E-state index in [-0.39, 0.29) is 17.6 Å². The zero-order valence-electron chi connectivity index (χ0n) is 14.2. The third kappa shape index (κ3) is 3.22. The largest absolute Gasteiger partial charge is 0.337 e. The minimum atomic E-state index is -0.273. The minimum Gasteiger partial charge on any atom is -0.337 e. The Labute approximate surface area is 150 Å². The molecule has 26 heavy (non-hydrogen) atoms. The van der Waals surface area contributed by atoms with Gasteiger partial charge in [-0.25, -0.2) is 4.39 Å². The van der Waals surface area contributed by atoms with Crippen molar-refractivity contribution >= 4 is 5.91 Å². The SMILES string of the molecule is O=C(c1ccccn1)N1CCCC(c2[nH]ncc2-c2cccc(F)c2)C1. The Kier molecular flexibility index (Phi) is 4.48. The predicted molar refractivity (Wildman–Crippen MR) is 96.1 cm³/mol. The Morgan fingerprint density at radius 2 is 2.15 bits per heavy atom. The van der Waals surface area contributed by atoms with Crippen LogP contribution in [0.15, 0.2) is 54.9 Å². The van der Waals surface area contributed by atoms with Crippen LogP contribution >= 0.6 is 0 Å². The molecule has 0 saturated carbocycles. The molecule has 132 valence electrons. The molecule has 0 spiro atoms. The van der Waals surface area contributed by atoms with Crippen molar-refractivity contribution in [3.8, 4) is 11.1 Å². The average Bonchev–Trinajstić information content (AvgIpc) is 3.18. The van der Waals surface area contributed by atoms with E-state index in [1.54, 1.807) is 30.6 Å². The van der Waals surface area contributed by atoms with E-state index in [4.69, 9.17) is 0 Å². The smallest absolute Gasteiger partial charge is 0.272 e. The van der Waals surface area contributed by atoms with Crippen LogP contribution in [-0.4, -0.2) is 39.1 Å². The van der Waals surface area contributed by atoms with Gasteiger partial charge in [0.15, 0.2) is 0 Å². The molecule has 1 atom stereocenters. The molecule has 1 N–H and O–H groups in total. The molecule has 0 bridgehead atoms. The number of halogens is 1. The van der Waals surface area contributed by atoms with Crippen LogP contribution in [0.2, 0.25) is 0 Å². The third-order valence-electron chi connectivity index (χ3n) is 4.81. The first-order chi connectivity index (χ1) is 12.7. The van der Waals surface area contributed by atoms with E-state index in [2.05, 4.69) is 15.2 Å². The molecule has 1 unspecified atom stereocenters. The summed E-state index contributed by atoms with van der Waals surface area (Å²) < 4.78 is 13.6. The summed E-state index contributed by atoms with van der Waals surface area (Å²) >= 11 is 0. The summed E-state index contributed by atoms with van der Waals surface area (Å²) in [6.07, 6.45) is 5.22. The van der Waals surface area contributed by atoms with Crippen LogP contribution in [0.5, 0.6) is 0 Å². The lowest BCUT2D eigenvalue weighted by Gasteiger charge is -2.32. The van der Waals surface area contributed by atoms with Gasteiger partial charge in [-0.1, -0.05) is 18.2 Å². The molecule has 3 aromatic rings. The number of aromatic amines is 1. The molecule has 2 aromatic heterocycles. The zero-order valence-corrected chi connectivity index (χ0v) is 14.2. The second-order valence-corrected chi connectivity index (χ2v) is 6.51. The van der Waals surface area contributed by atoms with E-state index in [9.17, 15) is 9.18 Å². The lowest BCUT2D eigenvalue weighted by molar-refractivity contribution is 0.0700. The maximum absolute atomic E-state index is 13.6. The van der Waals surface area contributed by atoms with Gasteiger partial charge in [-0.15, -0.1) is 0 Å². The van der Waals surface area contributed by atoms with Crippen molar-refractivity contribution in [2.24, 2.45) is 0 Å². The van der Waals surface area contributed by atoms with Crippen LogP contribution in [-0.2, 0) is 0 Å². The highest BCUT2D eigenvalue weighted by atomic mass is 19.1. The van der Waals surface area contributed by atoms with Crippen molar-refractivity contribution in [2.75, 3.05) is 13.1 Å². The zero-order chi connectivity index (χ0) is 17.9. The first kappa shape index (κ1) is 16.4. The third-order valence-corrected chi connectivity index (χ3v) is 4.81. The molecule has 5 nitrogen and oxygen atoms in total. The van der Waals surface area contributed by atoms with Crippen molar-refractivity contribution in [1.82, 2.24) is 20.1 Å². The van der Waals surface area contributed by atoms with Gasteiger partial charge in [0.2, 0.25) is 0 Å². The van der Waals surface area contributed by atoms with Gasteiger partial charge < -0.3 is 4.90 Å². The Hall–Kier alpha value is -3.02. The van der Waals surface area contributed by atoms with Crippen LogP contribution < -0.4 is 0 Å². The molecule has 0 radical (unpaired) electrons. The fraction of sp³-hybridized carbons (Fsp3) is 0.250. The first-order valence-electron chi connectivity index (χ1n) is 8.72. The number of pyridine rings is 1. The van der Waals surface area contributed by atoms with Gasteiger partial charge in [-0.3, -0.25) is 14.9 Å². The minimum absolute atomic E-state index is 0.0536. The number of hydrogen-bond acceptors (Lipinski definition) is 3. The van der Waals surface area contributed by atoms with E-state index in [0.29, 0.717) is 12.2 Å². The van der Waals surface area contributed by atoms with Crippen molar-refractivity contribution < 1.29 is 9.18 Å². The van der Waals surface area contributed by atoms with Gasteiger partial charge in [0, 0.05) is 36.5 Å². The highest BCUT2D eigenvalue weighted by molar-refractivity contribution is 5.92.